The molecular formula is C17H24N4S. The Balaban J connectivity index is 1.56. The largest absolute Gasteiger partial charge is 0.330 e. The second kappa shape index (κ2) is 6.13. The van der Waals surface area contributed by atoms with Crippen molar-refractivity contribution in [1.29, 1.82) is 0 Å². The lowest BCUT2D eigenvalue weighted by atomic mass is 9.83. The number of rotatable bonds is 3. The highest BCUT2D eigenvalue weighted by Gasteiger charge is 2.33. The van der Waals surface area contributed by atoms with Crippen LogP contribution in [-0.4, -0.2) is 38.6 Å². The highest BCUT2D eigenvalue weighted by atomic mass is 32.1. The molecule has 0 unspecified atom stereocenters. The van der Waals surface area contributed by atoms with Crippen LogP contribution in [0.3, 0.4) is 0 Å². The van der Waals surface area contributed by atoms with E-state index in [0.717, 1.165) is 30.0 Å². The molecule has 4 nitrogen and oxygen atoms in total. The van der Waals surface area contributed by atoms with Crippen LogP contribution in [0.2, 0.25) is 0 Å². The summed E-state index contributed by atoms with van der Waals surface area (Å²) in [6.07, 6.45) is 11.0. The van der Waals surface area contributed by atoms with Gasteiger partial charge in [0.05, 0.1) is 16.1 Å². The number of piperidine rings is 2. The predicted molar refractivity (Wildman–Crippen MR) is 90.0 cm³/mol. The number of thiazole rings is 1. The smallest absolute Gasteiger partial charge is 0.151 e. The fourth-order valence-corrected chi connectivity index (χ4v) is 5.04. The zero-order chi connectivity index (χ0) is 14.9. The normalized spacial score (nSPS) is 26.0. The Hall–Kier alpha value is -1.20. The van der Waals surface area contributed by atoms with Crippen LogP contribution in [0.25, 0.3) is 10.7 Å². The van der Waals surface area contributed by atoms with E-state index in [1.54, 1.807) is 11.3 Å². The fourth-order valence-electron chi connectivity index (χ4n) is 4.22. The Bertz CT molecular complexity index is 630. The maximum Gasteiger partial charge on any atom is 0.151 e. The molecule has 2 aromatic heterocycles. The third kappa shape index (κ3) is 2.61. The maximum absolute atomic E-state index is 4.61. The third-order valence-corrected chi connectivity index (χ3v) is 6.25. The molecule has 22 heavy (non-hydrogen) atoms. The monoisotopic (exact) mass is 316 g/mol. The van der Waals surface area contributed by atoms with Gasteiger partial charge in [-0.3, -0.25) is 0 Å². The quantitative estimate of drug-likeness (QED) is 0.868. The Morgan fingerprint density at radius 3 is 2.95 bits per heavy atom. The topological polar surface area (TPSA) is 34.0 Å². The van der Waals surface area contributed by atoms with Crippen LogP contribution in [-0.2, 0) is 6.54 Å². The molecule has 2 aliphatic rings. The molecular weight excluding hydrogens is 292 g/mol. The SMILES string of the molecule is Cc1ncsc1-c1nccn1C[C@@H]1CCCN2CCCC[C@H]12. The van der Waals surface area contributed by atoms with Gasteiger partial charge < -0.3 is 9.47 Å². The van der Waals surface area contributed by atoms with E-state index in [2.05, 4.69) is 32.6 Å². The van der Waals surface area contributed by atoms with E-state index in [1.807, 2.05) is 11.7 Å². The van der Waals surface area contributed by atoms with Crippen LogP contribution < -0.4 is 0 Å². The minimum atomic E-state index is 0.773. The van der Waals surface area contributed by atoms with Gasteiger partial charge in [0.2, 0.25) is 0 Å². The number of aromatic nitrogens is 3. The van der Waals surface area contributed by atoms with Crippen molar-refractivity contribution >= 4 is 11.3 Å². The molecule has 0 N–H and O–H groups in total. The third-order valence-electron chi connectivity index (χ3n) is 5.32. The van der Waals surface area contributed by atoms with Crippen LogP contribution in [0.5, 0.6) is 0 Å². The number of imidazole rings is 1. The Morgan fingerprint density at radius 2 is 2.09 bits per heavy atom. The number of hydrogen-bond donors (Lipinski definition) is 0. The minimum Gasteiger partial charge on any atom is -0.330 e. The molecule has 4 rings (SSSR count). The summed E-state index contributed by atoms with van der Waals surface area (Å²) in [5, 5.41) is 0. The van der Waals surface area contributed by atoms with Crippen LogP contribution in [0.4, 0.5) is 0 Å². The lowest BCUT2D eigenvalue weighted by Crippen LogP contribution is -2.49. The van der Waals surface area contributed by atoms with Gasteiger partial charge in [0.25, 0.3) is 0 Å². The molecule has 5 heteroatoms. The molecule has 2 aliphatic heterocycles. The molecule has 0 aliphatic carbocycles. The van der Waals surface area contributed by atoms with Gasteiger partial charge in [0.1, 0.15) is 0 Å². The van der Waals surface area contributed by atoms with Crippen molar-refractivity contribution in [1.82, 2.24) is 19.4 Å². The van der Waals surface area contributed by atoms with E-state index in [1.165, 1.54) is 50.1 Å². The highest BCUT2D eigenvalue weighted by molar-refractivity contribution is 7.13. The van der Waals surface area contributed by atoms with Crippen LogP contribution >= 0.6 is 11.3 Å². The summed E-state index contributed by atoms with van der Waals surface area (Å²) in [5.41, 5.74) is 3.02. The summed E-state index contributed by atoms with van der Waals surface area (Å²) in [4.78, 5) is 13.0. The first-order valence-electron chi connectivity index (χ1n) is 8.48. The van der Waals surface area contributed by atoms with Gasteiger partial charge in [-0.25, -0.2) is 9.97 Å². The van der Waals surface area contributed by atoms with Crippen molar-refractivity contribution in [2.75, 3.05) is 13.1 Å². The second-order valence-corrected chi connectivity index (χ2v) is 7.53. The fraction of sp³-hybridized carbons (Fsp3) is 0.647. The van der Waals surface area contributed by atoms with Gasteiger partial charge >= 0.3 is 0 Å². The molecule has 2 atom stereocenters. The molecule has 118 valence electrons. The molecule has 0 radical (unpaired) electrons. The van der Waals surface area contributed by atoms with Crippen molar-refractivity contribution in [2.45, 2.75) is 51.6 Å². The maximum atomic E-state index is 4.61. The van der Waals surface area contributed by atoms with Gasteiger partial charge in [0, 0.05) is 25.0 Å². The van der Waals surface area contributed by atoms with Gasteiger partial charge in [-0.05, 0) is 51.6 Å². The first-order chi connectivity index (χ1) is 10.8. The number of fused-ring (bicyclic) bond motifs is 1. The van der Waals surface area contributed by atoms with E-state index in [4.69, 9.17) is 0 Å². The molecule has 0 saturated carbocycles. The van der Waals surface area contributed by atoms with E-state index < -0.39 is 0 Å². The Labute approximate surface area is 136 Å². The summed E-state index contributed by atoms with van der Waals surface area (Å²) in [6, 6.07) is 0.792. The highest BCUT2D eigenvalue weighted by Crippen LogP contribution is 2.33. The summed E-state index contributed by atoms with van der Waals surface area (Å²) in [5.74, 6) is 1.88. The lowest BCUT2D eigenvalue weighted by molar-refractivity contribution is 0.0521. The average molecular weight is 316 g/mol. The number of hydrogen-bond acceptors (Lipinski definition) is 4. The number of aryl methyl sites for hydroxylation is 1. The zero-order valence-corrected chi connectivity index (χ0v) is 14.1. The van der Waals surface area contributed by atoms with E-state index in [-0.39, 0.29) is 0 Å². The van der Waals surface area contributed by atoms with Crippen molar-refractivity contribution in [2.24, 2.45) is 5.92 Å². The summed E-state index contributed by atoms with van der Waals surface area (Å²) >= 11 is 1.70. The van der Waals surface area contributed by atoms with Crippen LogP contribution in [0.1, 0.15) is 37.8 Å². The van der Waals surface area contributed by atoms with Crippen molar-refractivity contribution in [3.63, 3.8) is 0 Å². The van der Waals surface area contributed by atoms with E-state index >= 15 is 0 Å². The molecule has 4 heterocycles. The number of nitrogens with zero attached hydrogens (tertiary/aromatic N) is 4. The van der Waals surface area contributed by atoms with Gasteiger partial charge in [0.15, 0.2) is 5.82 Å². The molecule has 2 aromatic rings. The summed E-state index contributed by atoms with van der Waals surface area (Å²) in [6.45, 7) is 5.81. The first-order valence-corrected chi connectivity index (χ1v) is 9.36. The van der Waals surface area contributed by atoms with Crippen LogP contribution in [0, 0.1) is 12.8 Å². The average Bonchev–Trinajstić information content (AvgIpc) is 3.16. The van der Waals surface area contributed by atoms with Crippen molar-refractivity contribution in [3.05, 3.63) is 23.6 Å². The molecule has 0 amide bonds. The van der Waals surface area contributed by atoms with Gasteiger partial charge in [-0.1, -0.05) is 6.42 Å². The van der Waals surface area contributed by atoms with E-state index in [0.29, 0.717) is 0 Å². The lowest BCUT2D eigenvalue weighted by Gasteiger charge is -2.44. The van der Waals surface area contributed by atoms with E-state index in [9.17, 15) is 0 Å². The van der Waals surface area contributed by atoms with Crippen LogP contribution in [0.15, 0.2) is 17.9 Å². The summed E-state index contributed by atoms with van der Waals surface area (Å²) < 4.78 is 2.36. The minimum absolute atomic E-state index is 0.773. The van der Waals surface area contributed by atoms with Crippen molar-refractivity contribution < 1.29 is 0 Å². The standard InChI is InChI=1S/C17H24N4S/c1-13-16(22-12-19-13)17-18-7-10-21(17)11-14-5-4-9-20-8-3-2-6-15(14)20/h7,10,12,14-15H,2-6,8-9,11H2,1H3/t14-,15+/m0/s1. The zero-order valence-electron chi connectivity index (χ0n) is 13.2. The molecule has 0 aromatic carbocycles. The molecule has 0 spiro atoms. The Morgan fingerprint density at radius 1 is 1.18 bits per heavy atom. The summed E-state index contributed by atoms with van der Waals surface area (Å²) in [7, 11) is 0. The Kier molecular flexibility index (Phi) is 4.01. The second-order valence-electron chi connectivity index (χ2n) is 6.67. The molecule has 2 saturated heterocycles. The van der Waals surface area contributed by atoms with Gasteiger partial charge in [-0.2, -0.15) is 0 Å². The molecule has 0 bridgehead atoms. The molecule has 2 fully saturated rings. The predicted octanol–water partition coefficient (Wildman–Crippen LogP) is 3.58. The van der Waals surface area contributed by atoms with Crippen molar-refractivity contribution in [3.8, 4) is 10.7 Å². The first kappa shape index (κ1) is 14.4. The van der Waals surface area contributed by atoms with Gasteiger partial charge in [-0.15, -0.1) is 11.3 Å².